The lowest BCUT2D eigenvalue weighted by Crippen LogP contribution is -2.43. The third-order valence-electron chi connectivity index (χ3n) is 2.04. The van der Waals surface area contributed by atoms with Gasteiger partial charge in [-0.1, -0.05) is 0 Å². The van der Waals surface area contributed by atoms with E-state index >= 15 is 0 Å². The fourth-order valence-electron chi connectivity index (χ4n) is 1.46. The number of carbonyl (C=O) groups excluding carboxylic acids is 1. The van der Waals surface area contributed by atoms with Gasteiger partial charge < -0.3 is 15.4 Å². The first-order chi connectivity index (χ1) is 8.80. The number of nitrogens with zero attached hydrogens (tertiary/aromatic N) is 2. The van der Waals surface area contributed by atoms with Crippen LogP contribution in [-0.2, 0) is 4.79 Å². The van der Waals surface area contributed by atoms with E-state index in [1.807, 2.05) is 34.6 Å². The molecule has 19 heavy (non-hydrogen) atoms. The molecule has 106 valence electrons. The lowest BCUT2D eigenvalue weighted by Gasteiger charge is -2.20. The van der Waals surface area contributed by atoms with E-state index in [-0.39, 0.29) is 18.0 Å². The highest BCUT2D eigenvalue weighted by Crippen LogP contribution is 2.11. The van der Waals surface area contributed by atoms with Crippen LogP contribution in [0.25, 0.3) is 0 Å². The minimum absolute atomic E-state index is 0.101. The van der Waals surface area contributed by atoms with E-state index in [0.29, 0.717) is 18.4 Å². The molecule has 0 saturated heterocycles. The summed E-state index contributed by atoms with van der Waals surface area (Å²) in [6, 6.07) is 1.75. The lowest BCUT2D eigenvalue weighted by molar-refractivity contribution is -0.120. The van der Waals surface area contributed by atoms with Gasteiger partial charge in [0.05, 0.1) is 13.2 Å². The Balaban J connectivity index is 2.60. The average molecular weight is 266 g/mol. The second-order valence-electron chi connectivity index (χ2n) is 5.26. The van der Waals surface area contributed by atoms with Gasteiger partial charge in [-0.3, -0.25) is 4.79 Å². The van der Waals surface area contributed by atoms with E-state index in [2.05, 4.69) is 20.6 Å². The summed E-state index contributed by atoms with van der Waals surface area (Å²) in [6.45, 7) is 10.2. The van der Waals surface area contributed by atoms with Crippen molar-refractivity contribution in [2.45, 2.75) is 40.2 Å². The van der Waals surface area contributed by atoms with Crippen molar-refractivity contribution in [2.75, 3.05) is 18.5 Å². The van der Waals surface area contributed by atoms with E-state index in [1.54, 1.807) is 6.07 Å². The molecule has 1 amide bonds. The van der Waals surface area contributed by atoms with E-state index in [1.165, 1.54) is 0 Å². The molecule has 0 aliphatic rings. The number of hydrogen-bond donors (Lipinski definition) is 2. The molecule has 0 aromatic carbocycles. The first kappa shape index (κ1) is 15.2. The zero-order valence-corrected chi connectivity index (χ0v) is 12.2. The molecular weight excluding hydrogens is 244 g/mol. The SMILES string of the molecule is CCOc1cc(C)nc(NCC(=O)NC(C)(C)C)n1. The van der Waals surface area contributed by atoms with Crippen molar-refractivity contribution < 1.29 is 9.53 Å². The number of carbonyl (C=O) groups is 1. The number of rotatable bonds is 5. The van der Waals surface area contributed by atoms with Gasteiger partial charge >= 0.3 is 0 Å². The lowest BCUT2D eigenvalue weighted by atomic mass is 10.1. The first-order valence-electron chi connectivity index (χ1n) is 6.33. The zero-order valence-electron chi connectivity index (χ0n) is 12.2. The van der Waals surface area contributed by atoms with Crippen LogP contribution in [0.2, 0.25) is 0 Å². The maximum Gasteiger partial charge on any atom is 0.239 e. The molecule has 2 N–H and O–H groups in total. The van der Waals surface area contributed by atoms with Crippen LogP contribution in [0.1, 0.15) is 33.4 Å². The van der Waals surface area contributed by atoms with Gasteiger partial charge in [0.1, 0.15) is 0 Å². The summed E-state index contributed by atoms with van der Waals surface area (Å²) in [4.78, 5) is 20.0. The second kappa shape index (κ2) is 6.36. The molecule has 1 aromatic heterocycles. The Labute approximate surface area is 114 Å². The fraction of sp³-hybridized carbons (Fsp3) is 0.615. The fourth-order valence-corrected chi connectivity index (χ4v) is 1.46. The number of hydrogen-bond acceptors (Lipinski definition) is 5. The summed E-state index contributed by atoms with van der Waals surface area (Å²) in [5.41, 5.74) is 0.542. The van der Waals surface area contributed by atoms with E-state index in [9.17, 15) is 4.79 Å². The van der Waals surface area contributed by atoms with Gasteiger partial charge in [-0.2, -0.15) is 4.98 Å². The first-order valence-corrected chi connectivity index (χ1v) is 6.33. The maximum absolute atomic E-state index is 11.7. The molecule has 1 aromatic rings. The highest BCUT2D eigenvalue weighted by atomic mass is 16.5. The molecule has 0 aliphatic carbocycles. The summed E-state index contributed by atoms with van der Waals surface area (Å²) < 4.78 is 5.32. The molecule has 0 bridgehead atoms. The van der Waals surface area contributed by atoms with E-state index < -0.39 is 0 Å². The third kappa shape index (κ3) is 6.03. The van der Waals surface area contributed by atoms with Crippen LogP contribution in [0.4, 0.5) is 5.95 Å². The normalized spacial score (nSPS) is 11.0. The van der Waals surface area contributed by atoms with Gasteiger partial charge in [0, 0.05) is 17.3 Å². The van der Waals surface area contributed by atoms with Crippen molar-refractivity contribution in [3.8, 4) is 5.88 Å². The van der Waals surface area contributed by atoms with Crippen LogP contribution in [0, 0.1) is 6.92 Å². The van der Waals surface area contributed by atoms with Crippen molar-refractivity contribution >= 4 is 11.9 Å². The average Bonchev–Trinajstić information content (AvgIpc) is 2.24. The predicted octanol–water partition coefficient (Wildman–Crippen LogP) is 1.51. The van der Waals surface area contributed by atoms with Crippen molar-refractivity contribution in [1.82, 2.24) is 15.3 Å². The van der Waals surface area contributed by atoms with Crippen molar-refractivity contribution in [3.63, 3.8) is 0 Å². The Hall–Kier alpha value is -1.85. The van der Waals surface area contributed by atoms with Gasteiger partial charge in [0.15, 0.2) is 0 Å². The molecular formula is C13H22N4O2. The van der Waals surface area contributed by atoms with Gasteiger partial charge in [-0.25, -0.2) is 4.98 Å². The van der Waals surface area contributed by atoms with Crippen LogP contribution in [-0.4, -0.2) is 34.6 Å². The standard InChI is InChI=1S/C13H22N4O2/c1-6-19-11-7-9(2)15-12(16-11)14-8-10(18)17-13(3,4)5/h7H,6,8H2,1-5H3,(H,17,18)(H,14,15,16). The van der Waals surface area contributed by atoms with Crippen LogP contribution in [0.3, 0.4) is 0 Å². The summed E-state index contributed by atoms with van der Waals surface area (Å²) in [6.07, 6.45) is 0. The molecule has 0 unspecified atom stereocenters. The van der Waals surface area contributed by atoms with Crippen LogP contribution in [0.5, 0.6) is 5.88 Å². The van der Waals surface area contributed by atoms with Crippen molar-refractivity contribution in [3.05, 3.63) is 11.8 Å². The molecule has 1 heterocycles. The van der Waals surface area contributed by atoms with Gasteiger partial charge in [-0.05, 0) is 34.6 Å². The summed E-state index contributed by atoms with van der Waals surface area (Å²) in [7, 11) is 0. The summed E-state index contributed by atoms with van der Waals surface area (Å²) in [5, 5.41) is 5.75. The molecule has 0 fully saturated rings. The molecule has 0 radical (unpaired) electrons. The van der Waals surface area contributed by atoms with Gasteiger partial charge in [0.2, 0.25) is 17.7 Å². The number of aryl methyl sites for hydroxylation is 1. The van der Waals surface area contributed by atoms with Crippen molar-refractivity contribution in [2.24, 2.45) is 0 Å². The third-order valence-corrected chi connectivity index (χ3v) is 2.04. The zero-order chi connectivity index (χ0) is 14.5. The smallest absolute Gasteiger partial charge is 0.239 e. The largest absolute Gasteiger partial charge is 0.478 e. The van der Waals surface area contributed by atoms with Crippen LogP contribution >= 0.6 is 0 Å². The molecule has 0 atom stereocenters. The number of ether oxygens (including phenoxy) is 1. The van der Waals surface area contributed by atoms with Gasteiger partial charge in [-0.15, -0.1) is 0 Å². The summed E-state index contributed by atoms with van der Waals surface area (Å²) in [5.74, 6) is 0.803. The second-order valence-corrected chi connectivity index (χ2v) is 5.26. The Morgan fingerprint density at radius 2 is 2.05 bits per heavy atom. The maximum atomic E-state index is 11.7. The number of aromatic nitrogens is 2. The Kier molecular flexibility index (Phi) is 5.09. The highest BCUT2D eigenvalue weighted by Gasteiger charge is 2.13. The molecule has 0 spiro atoms. The Morgan fingerprint density at radius 1 is 1.37 bits per heavy atom. The molecule has 1 rings (SSSR count). The quantitative estimate of drug-likeness (QED) is 0.845. The molecule has 6 heteroatoms. The van der Waals surface area contributed by atoms with Gasteiger partial charge in [0.25, 0.3) is 0 Å². The monoisotopic (exact) mass is 266 g/mol. The summed E-state index contributed by atoms with van der Waals surface area (Å²) >= 11 is 0. The van der Waals surface area contributed by atoms with Crippen molar-refractivity contribution in [1.29, 1.82) is 0 Å². The highest BCUT2D eigenvalue weighted by molar-refractivity contribution is 5.80. The number of amides is 1. The van der Waals surface area contributed by atoms with Crippen LogP contribution < -0.4 is 15.4 Å². The molecule has 0 saturated carbocycles. The number of nitrogens with one attached hydrogen (secondary N) is 2. The van der Waals surface area contributed by atoms with Crippen LogP contribution in [0.15, 0.2) is 6.07 Å². The minimum Gasteiger partial charge on any atom is -0.478 e. The number of anilines is 1. The van der Waals surface area contributed by atoms with E-state index in [4.69, 9.17) is 4.74 Å². The Bertz CT molecular complexity index is 441. The topological polar surface area (TPSA) is 76.1 Å². The predicted molar refractivity (Wildman–Crippen MR) is 74.3 cm³/mol. The minimum atomic E-state index is -0.247. The molecule has 0 aliphatic heterocycles. The van der Waals surface area contributed by atoms with E-state index in [0.717, 1.165) is 5.69 Å². The molecule has 6 nitrogen and oxygen atoms in total. The Morgan fingerprint density at radius 3 is 2.63 bits per heavy atom.